The molecule has 0 amide bonds. The lowest BCUT2D eigenvalue weighted by atomic mass is 10.3. The Morgan fingerprint density at radius 2 is 1.31 bits per heavy atom. The third-order valence-electron chi connectivity index (χ3n) is 1.10. The fourth-order valence-electron chi connectivity index (χ4n) is 0.562. The molecule has 0 atom stereocenters. The molecule has 4 N–H and O–H groups in total. The maximum Gasteiger partial charge on any atom is 0.377 e. The Kier molecular flexibility index (Phi) is 4.28. The molecule has 0 saturated carbocycles. The lowest BCUT2D eigenvalue weighted by Gasteiger charge is -2.22. The number of hydrogen-bond acceptors (Lipinski definition) is 6. The minimum atomic E-state index is -3.07. The largest absolute Gasteiger partial charge is 0.477 e. The molecule has 0 fully saturated rings. The molecule has 0 saturated heterocycles. The Labute approximate surface area is 71.9 Å². The van der Waals surface area contributed by atoms with Crippen molar-refractivity contribution in [2.24, 2.45) is 0 Å². The summed E-state index contributed by atoms with van der Waals surface area (Å²) in [5.41, 5.74) is 0. The summed E-state index contributed by atoms with van der Waals surface area (Å²) in [6, 6.07) is 0. The Morgan fingerprint density at radius 3 is 1.46 bits per heavy atom. The molecule has 0 heterocycles. The monoisotopic (exact) mass is 196 g/mol. The standard InChI is InChI=1S/C5H8O8/c6-1-12-5(3(8)9,4(10)11)13-2-7/h6-7H,1-2H2,(H,8,9)(H,10,11). The first-order valence-corrected chi connectivity index (χ1v) is 2.97. The molecule has 13 heavy (non-hydrogen) atoms. The predicted molar refractivity (Wildman–Crippen MR) is 34.3 cm³/mol. The molecule has 0 aromatic rings. The summed E-state index contributed by atoms with van der Waals surface area (Å²) in [7, 11) is 0. The normalized spacial score (nSPS) is 11.2. The number of aliphatic carboxylic acids is 2. The number of carbonyl (C=O) groups is 2. The van der Waals surface area contributed by atoms with Gasteiger partial charge in [-0.05, 0) is 0 Å². The molecule has 0 unspecified atom stereocenters. The SMILES string of the molecule is O=C(O)C(OCO)(OCO)C(=O)O. The summed E-state index contributed by atoms with van der Waals surface area (Å²) in [5, 5.41) is 33.2. The zero-order valence-corrected chi connectivity index (χ0v) is 6.34. The minimum Gasteiger partial charge on any atom is -0.477 e. The summed E-state index contributed by atoms with van der Waals surface area (Å²) in [5.74, 6) is -7.03. The van der Waals surface area contributed by atoms with E-state index in [9.17, 15) is 9.59 Å². The van der Waals surface area contributed by atoms with Crippen molar-refractivity contribution in [3.8, 4) is 0 Å². The predicted octanol–water partition coefficient (Wildman–Crippen LogP) is -2.22. The number of carboxylic acids is 2. The molecule has 0 bridgehead atoms. The quantitative estimate of drug-likeness (QED) is 0.277. The Bertz CT molecular complexity index is 177. The highest BCUT2D eigenvalue weighted by Crippen LogP contribution is 2.13. The average molecular weight is 196 g/mol. The second-order valence-electron chi connectivity index (χ2n) is 1.77. The number of hydrogen-bond donors (Lipinski definition) is 4. The van der Waals surface area contributed by atoms with Gasteiger partial charge in [-0.25, -0.2) is 9.59 Å². The molecule has 0 aliphatic rings. The average Bonchev–Trinajstić information content (AvgIpc) is 2.03. The maximum absolute atomic E-state index is 10.4. The van der Waals surface area contributed by atoms with Crippen LogP contribution in [0.5, 0.6) is 0 Å². The first-order chi connectivity index (χ1) is 6.01. The Balaban J connectivity index is 4.80. The van der Waals surface area contributed by atoms with E-state index in [-0.39, 0.29) is 0 Å². The number of rotatable bonds is 6. The van der Waals surface area contributed by atoms with Crippen molar-refractivity contribution < 1.29 is 39.5 Å². The van der Waals surface area contributed by atoms with E-state index >= 15 is 0 Å². The summed E-state index contributed by atoms with van der Waals surface area (Å²) in [6.07, 6.45) is 0. The smallest absolute Gasteiger partial charge is 0.377 e. The summed E-state index contributed by atoms with van der Waals surface area (Å²) in [6.45, 7) is -2.34. The van der Waals surface area contributed by atoms with E-state index in [1.54, 1.807) is 0 Å². The molecule has 0 rings (SSSR count). The Hall–Kier alpha value is -1.22. The van der Waals surface area contributed by atoms with Crippen LogP contribution in [-0.2, 0) is 19.1 Å². The molecule has 8 heteroatoms. The van der Waals surface area contributed by atoms with Crippen molar-refractivity contribution in [2.75, 3.05) is 13.6 Å². The highest BCUT2D eigenvalue weighted by atomic mass is 16.8. The molecule has 0 aliphatic heterocycles. The molecular weight excluding hydrogens is 188 g/mol. The van der Waals surface area contributed by atoms with Gasteiger partial charge in [0.15, 0.2) is 0 Å². The van der Waals surface area contributed by atoms with Crippen LogP contribution >= 0.6 is 0 Å². The van der Waals surface area contributed by atoms with Crippen molar-refractivity contribution in [1.29, 1.82) is 0 Å². The van der Waals surface area contributed by atoms with Crippen molar-refractivity contribution in [3.63, 3.8) is 0 Å². The van der Waals surface area contributed by atoms with Crippen LogP contribution in [0.2, 0.25) is 0 Å². The first-order valence-electron chi connectivity index (χ1n) is 2.97. The van der Waals surface area contributed by atoms with Gasteiger partial charge in [-0.15, -0.1) is 0 Å². The molecule has 76 valence electrons. The number of carboxylic acid groups (broad SMARTS) is 2. The van der Waals surface area contributed by atoms with Gasteiger partial charge in [0.05, 0.1) is 0 Å². The second kappa shape index (κ2) is 4.72. The number of ether oxygens (including phenoxy) is 2. The van der Waals surface area contributed by atoms with Gasteiger partial charge in [0.2, 0.25) is 0 Å². The summed E-state index contributed by atoms with van der Waals surface area (Å²) >= 11 is 0. The van der Waals surface area contributed by atoms with E-state index < -0.39 is 31.3 Å². The van der Waals surface area contributed by atoms with E-state index in [1.807, 2.05) is 0 Å². The molecule has 0 radical (unpaired) electrons. The van der Waals surface area contributed by atoms with Gasteiger partial charge in [0.1, 0.15) is 13.6 Å². The fourth-order valence-corrected chi connectivity index (χ4v) is 0.562. The van der Waals surface area contributed by atoms with Crippen LogP contribution in [0.4, 0.5) is 0 Å². The van der Waals surface area contributed by atoms with Gasteiger partial charge in [-0.1, -0.05) is 0 Å². The minimum absolute atomic E-state index is 1.17. The Morgan fingerprint density at radius 1 is 1.00 bits per heavy atom. The lowest BCUT2D eigenvalue weighted by Crippen LogP contribution is -2.52. The molecule has 0 aromatic carbocycles. The van der Waals surface area contributed by atoms with Crippen LogP contribution in [-0.4, -0.2) is 51.7 Å². The molecule has 8 nitrogen and oxygen atoms in total. The molecule has 0 aromatic heterocycles. The highest BCUT2D eigenvalue weighted by molar-refractivity contribution is 5.99. The highest BCUT2D eigenvalue weighted by Gasteiger charge is 2.50. The van der Waals surface area contributed by atoms with E-state index in [1.165, 1.54) is 0 Å². The topological polar surface area (TPSA) is 134 Å². The van der Waals surface area contributed by atoms with Crippen LogP contribution in [0, 0.1) is 0 Å². The van der Waals surface area contributed by atoms with E-state index in [4.69, 9.17) is 20.4 Å². The number of aliphatic hydroxyl groups excluding tert-OH is 2. The van der Waals surface area contributed by atoms with Crippen molar-refractivity contribution in [3.05, 3.63) is 0 Å². The van der Waals surface area contributed by atoms with E-state index in [0.717, 1.165) is 0 Å². The van der Waals surface area contributed by atoms with Gasteiger partial charge in [0.25, 0.3) is 0 Å². The van der Waals surface area contributed by atoms with E-state index in [0.29, 0.717) is 0 Å². The van der Waals surface area contributed by atoms with Crippen molar-refractivity contribution >= 4 is 11.9 Å². The van der Waals surface area contributed by atoms with Gasteiger partial charge < -0.3 is 29.9 Å². The zero-order valence-electron chi connectivity index (χ0n) is 6.34. The van der Waals surface area contributed by atoms with Crippen LogP contribution < -0.4 is 0 Å². The molecule has 0 spiro atoms. The zero-order chi connectivity index (χ0) is 10.5. The first kappa shape index (κ1) is 11.8. The van der Waals surface area contributed by atoms with Gasteiger partial charge in [0, 0.05) is 0 Å². The lowest BCUT2D eigenvalue weighted by molar-refractivity contribution is -0.279. The fraction of sp³-hybridized carbons (Fsp3) is 0.600. The summed E-state index contributed by atoms with van der Waals surface area (Å²) < 4.78 is 7.93. The van der Waals surface area contributed by atoms with Crippen molar-refractivity contribution in [1.82, 2.24) is 0 Å². The maximum atomic E-state index is 10.4. The molecule has 0 aliphatic carbocycles. The third-order valence-corrected chi connectivity index (χ3v) is 1.10. The van der Waals surface area contributed by atoms with Crippen molar-refractivity contribution in [2.45, 2.75) is 5.79 Å². The second-order valence-corrected chi connectivity index (χ2v) is 1.77. The van der Waals surface area contributed by atoms with Gasteiger partial charge in [-0.3, -0.25) is 0 Å². The van der Waals surface area contributed by atoms with Crippen LogP contribution in [0.1, 0.15) is 0 Å². The number of aliphatic hydroxyl groups is 2. The van der Waals surface area contributed by atoms with Gasteiger partial charge >= 0.3 is 17.7 Å². The van der Waals surface area contributed by atoms with Crippen LogP contribution in [0.15, 0.2) is 0 Å². The molecular formula is C5H8O8. The summed E-state index contributed by atoms with van der Waals surface area (Å²) in [4.78, 5) is 20.8. The van der Waals surface area contributed by atoms with Gasteiger partial charge in [-0.2, -0.15) is 0 Å². The third kappa shape index (κ3) is 2.36. The van der Waals surface area contributed by atoms with Crippen LogP contribution in [0.3, 0.4) is 0 Å². The van der Waals surface area contributed by atoms with E-state index in [2.05, 4.69) is 9.47 Å². The van der Waals surface area contributed by atoms with Crippen LogP contribution in [0.25, 0.3) is 0 Å².